The number of rotatable bonds is 6. The highest BCUT2D eigenvalue weighted by Gasteiger charge is 2.33. The maximum Gasteiger partial charge on any atom is 0.422 e. The molecule has 1 aromatic carbocycles. The van der Waals surface area contributed by atoms with Crippen molar-refractivity contribution in [2.45, 2.75) is 18.3 Å². The second-order valence-corrected chi connectivity index (χ2v) is 6.72. The van der Waals surface area contributed by atoms with Gasteiger partial charge in [-0.05, 0) is 29.8 Å². The van der Waals surface area contributed by atoms with Gasteiger partial charge < -0.3 is 20.1 Å². The second kappa shape index (κ2) is 8.92. The van der Waals surface area contributed by atoms with Gasteiger partial charge in [0, 0.05) is 0 Å². The molecule has 2 N–H and O–H groups in total. The van der Waals surface area contributed by atoms with Crippen LogP contribution < -0.4 is 15.4 Å². The lowest BCUT2D eigenvalue weighted by atomic mass is 10.0. The van der Waals surface area contributed by atoms with Crippen LogP contribution in [0.1, 0.15) is 17.3 Å². The number of alkyl halides is 3. The highest BCUT2D eigenvalue weighted by molar-refractivity contribution is 6.30. The smallest absolute Gasteiger partial charge is 0.422 e. The fourth-order valence-electron chi connectivity index (χ4n) is 2.64. The van der Waals surface area contributed by atoms with E-state index < -0.39 is 54.4 Å². The van der Waals surface area contributed by atoms with Gasteiger partial charge in [-0.15, -0.1) is 0 Å². The van der Waals surface area contributed by atoms with Crippen LogP contribution in [0.2, 0.25) is 5.02 Å². The summed E-state index contributed by atoms with van der Waals surface area (Å²) in [5.74, 6) is -3.65. The van der Waals surface area contributed by atoms with E-state index in [0.717, 1.165) is 24.3 Å². The number of cyclic esters (lactones) is 1. The Kier molecular flexibility index (Phi) is 6.48. The summed E-state index contributed by atoms with van der Waals surface area (Å²) < 4.78 is 73.9. The van der Waals surface area contributed by atoms with Crippen molar-refractivity contribution in [2.24, 2.45) is 0 Å². The van der Waals surface area contributed by atoms with E-state index in [2.05, 4.69) is 20.4 Å². The molecule has 13 heteroatoms. The SMILES string of the molecule is O=C1NC[C@@H](C(=O)N[C@@H](c2ccc(F)c(Cl)c2)c2ccc(F)c(OCC(F)(F)F)n2)O1. The lowest BCUT2D eigenvalue weighted by Crippen LogP contribution is -2.39. The Morgan fingerprint density at radius 1 is 1.29 bits per heavy atom. The molecule has 0 spiro atoms. The van der Waals surface area contributed by atoms with Gasteiger partial charge in [0.2, 0.25) is 0 Å². The summed E-state index contributed by atoms with van der Waals surface area (Å²) in [7, 11) is 0. The van der Waals surface area contributed by atoms with Crippen LogP contribution in [0.3, 0.4) is 0 Å². The standard InChI is InChI=1S/C18H13ClF5N3O4/c19-9-5-8(1-2-10(9)20)14(27-15(28)13-6-25-17(29)31-13)12-4-3-11(21)16(26-12)30-7-18(22,23)24/h1-5,13-14H,6-7H2,(H,25,29)(H,27,28)/t13-,14-/m0/s1. The molecule has 2 heterocycles. The van der Waals surface area contributed by atoms with E-state index in [0.29, 0.717) is 0 Å². The number of hydrogen-bond acceptors (Lipinski definition) is 5. The Hall–Kier alpha value is -3.15. The molecule has 0 aliphatic carbocycles. The maximum atomic E-state index is 13.9. The summed E-state index contributed by atoms with van der Waals surface area (Å²) in [4.78, 5) is 27.4. The summed E-state index contributed by atoms with van der Waals surface area (Å²) >= 11 is 5.79. The molecule has 31 heavy (non-hydrogen) atoms. The first-order valence-electron chi connectivity index (χ1n) is 8.59. The van der Waals surface area contributed by atoms with Gasteiger partial charge in [-0.1, -0.05) is 17.7 Å². The lowest BCUT2D eigenvalue weighted by molar-refractivity contribution is -0.154. The number of halogens is 6. The van der Waals surface area contributed by atoms with E-state index in [-0.39, 0.29) is 22.8 Å². The molecule has 1 fully saturated rings. The molecule has 2 amide bonds. The summed E-state index contributed by atoms with van der Waals surface area (Å²) in [6.07, 6.45) is -6.75. The van der Waals surface area contributed by atoms with Gasteiger partial charge >= 0.3 is 12.3 Å². The minimum Gasteiger partial charge on any atom is -0.466 e. The van der Waals surface area contributed by atoms with Crippen LogP contribution in [0.15, 0.2) is 30.3 Å². The van der Waals surface area contributed by atoms with Crippen molar-refractivity contribution in [3.05, 3.63) is 58.2 Å². The van der Waals surface area contributed by atoms with Crippen LogP contribution in [0.25, 0.3) is 0 Å². The van der Waals surface area contributed by atoms with Gasteiger partial charge in [0.1, 0.15) is 5.82 Å². The third kappa shape index (κ3) is 5.72. The number of benzene rings is 1. The maximum absolute atomic E-state index is 13.9. The first-order chi connectivity index (χ1) is 14.5. The van der Waals surface area contributed by atoms with Crippen LogP contribution in [-0.4, -0.2) is 42.4 Å². The van der Waals surface area contributed by atoms with Crippen molar-refractivity contribution in [2.75, 3.05) is 13.2 Å². The normalized spacial score (nSPS) is 17.0. The number of carbonyl (C=O) groups is 2. The quantitative estimate of drug-likeness (QED) is 0.639. The summed E-state index contributed by atoms with van der Waals surface area (Å²) in [5, 5.41) is 4.46. The van der Waals surface area contributed by atoms with Crippen LogP contribution in [0.5, 0.6) is 5.88 Å². The number of alkyl carbamates (subject to hydrolysis) is 1. The van der Waals surface area contributed by atoms with Gasteiger partial charge in [-0.2, -0.15) is 13.2 Å². The third-order valence-corrected chi connectivity index (χ3v) is 4.33. The Balaban J connectivity index is 1.94. The van der Waals surface area contributed by atoms with Gasteiger partial charge in [-0.3, -0.25) is 4.79 Å². The molecule has 2 aromatic rings. The summed E-state index contributed by atoms with van der Waals surface area (Å²) in [6.45, 7) is -1.91. The fourth-order valence-corrected chi connectivity index (χ4v) is 2.83. The van der Waals surface area contributed by atoms with Crippen molar-refractivity contribution < 1.29 is 41.0 Å². The zero-order valence-electron chi connectivity index (χ0n) is 15.3. The molecular weight excluding hydrogens is 453 g/mol. The first-order valence-corrected chi connectivity index (χ1v) is 8.97. The predicted octanol–water partition coefficient (Wildman–Crippen LogP) is 3.27. The number of ether oxygens (including phenoxy) is 2. The molecule has 1 aromatic heterocycles. The molecule has 0 bridgehead atoms. The minimum atomic E-state index is -4.73. The van der Waals surface area contributed by atoms with Crippen LogP contribution in [0.4, 0.5) is 26.7 Å². The molecular formula is C18H13ClF5N3O4. The molecule has 3 rings (SSSR count). The molecule has 7 nitrogen and oxygen atoms in total. The third-order valence-electron chi connectivity index (χ3n) is 4.04. The lowest BCUT2D eigenvalue weighted by Gasteiger charge is -2.21. The average Bonchev–Trinajstić information content (AvgIpc) is 3.13. The molecule has 1 aliphatic heterocycles. The topological polar surface area (TPSA) is 89.6 Å². The van der Waals surface area contributed by atoms with Gasteiger partial charge in [0.25, 0.3) is 11.8 Å². The van der Waals surface area contributed by atoms with Crippen LogP contribution in [-0.2, 0) is 9.53 Å². The van der Waals surface area contributed by atoms with Crippen LogP contribution in [0, 0.1) is 11.6 Å². The van der Waals surface area contributed by atoms with E-state index in [1.165, 1.54) is 6.07 Å². The zero-order valence-corrected chi connectivity index (χ0v) is 16.1. The molecule has 1 aliphatic rings. The van der Waals surface area contributed by atoms with E-state index in [1.54, 1.807) is 0 Å². The number of pyridine rings is 1. The predicted molar refractivity (Wildman–Crippen MR) is 95.4 cm³/mol. The highest BCUT2D eigenvalue weighted by atomic mass is 35.5. The molecule has 2 atom stereocenters. The monoisotopic (exact) mass is 465 g/mol. The zero-order chi connectivity index (χ0) is 22.8. The fraction of sp³-hybridized carbons (Fsp3) is 0.278. The van der Waals surface area contributed by atoms with E-state index in [4.69, 9.17) is 16.3 Å². The van der Waals surface area contributed by atoms with Crippen molar-refractivity contribution in [1.29, 1.82) is 0 Å². The van der Waals surface area contributed by atoms with Crippen molar-refractivity contribution in [3.8, 4) is 5.88 Å². The van der Waals surface area contributed by atoms with E-state index in [9.17, 15) is 31.5 Å². The molecule has 0 saturated carbocycles. The van der Waals surface area contributed by atoms with Gasteiger partial charge in [-0.25, -0.2) is 18.6 Å². The number of aromatic nitrogens is 1. The van der Waals surface area contributed by atoms with E-state index in [1.807, 2.05) is 0 Å². The summed E-state index contributed by atoms with van der Waals surface area (Å²) in [5.41, 5.74) is 0.0461. The number of carbonyl (C=O) groups excluding carboxylic acids is 2. The Morgan fingerprint density at radius 2 is 2.00 bits per heavy atom. The first kappa shape index (κ1) is 22.5. The Labute approximate surface area is 176 Å². The van der Waals surface area contributed by atoms with Crippen LogP contribution >= 0.6 is 11.6 Å². The Morgan fingerprint density at radius 3 is 2.61 bits per heavy atom. The molecule has 0 radical (unpaired) electrons. The number of nitrogens with zero attached hydrogens (tertiary/aromatic N) is 1. The van der Waals surface area contributed by atoms with Gasteiger partial charge in [0.05, 0.1) is 23.3 Å². The minimum absolute atomic E-state index is 0.127. The number of hydrogen-bond donors (Lipinski definition) is 2. The highest BCUT2D eigenvalue weighted by Crippen LogP contribution is 2.28. The Bertz CT molecular complexity index is 1000. The molecule has 0 unspecified atom stereocenters. The largest absolute Gasteiger partial charge is 0.466 e. The number of nitrogens with one attached hydrogen (secondary N) is 2. The summed E-state index contributed by atoms with van der Waals surface area (Å²) in [6, 6.07) is 4.08. The van der Waals surface area contributed by atoms with Crippen molar-refractivity contribution in [3.63, 3.8) is 0 Å². The molecule has 1 saturated heterocycles. The van der Waals surface area contributed by atoms with Gasteiger partial charge in [0.15, 0.2) is 18.5 Å². The molecule has 166 valence electrons. The second-order valence-electron chi connectivity index (χ2n) is 6.32. The number of amides is 2. The average molecular weight is 466 g/mol. The van der Waals surface area contributed by atoms with Crippen molar-refractivity contribution >= 4 is 23.6 Å². The van der Waals surface area contributed by atoms with E-state index >= 15 is 0 Å². The van der Waals surface area contributed by atoms with Crippen molar-refractivity contribution in [1.82, 2.24) is 15.6 Å².